The van der Waals surface area contributed by atoms with E-state index >= 15 is 0 Å². The Labute approximate surface area is 156 Å². The van der Waals surface area contributed by atoms with E-state index < -0.39 is 5.91 Å². The Balaban J connectivity index is 2.36. The summed E-state index contributed by atoms with van der Waals surface area (Å²) in [5, 5.41) is 17.3. The number of carbonyl (C=O) groups excluding carboxylic acids is 1. The van der Waals surface area contributed by atoms with Crippen LogP contribution in [0.3, 0.4) is 0 Å². The molecule has 25 heavy (non-hydrogen) atoms. The van der Waals surface area contributed by atoms with Crippen LogP contribution in [-0.2, 0) is 4.79 Å². The summed E-state index contributed by atoms with van der Waals surface area (Å²) in [6.45, 7) is 4.33. The molecule has 0 aliphatic heterocycles. The standard InChI is InChI=1S/C18H18Cl2N4O/c1-3-4-8-22-18(25)13(11-21)9-16-12(2)23-24(17(16)20)15-7-5-6-14(19)10-15/h5-7,9-10H,3-4,8H2,1-2H3,(H,22,25)/b13-9+. The van der Waals surface area contributed by atoms with Crippen molar-refractivity contribution < 1.29 is 4.79 Å². The second kappa shape index (κ2) is 8.70. The average molecular weight is 377 g/mol. The van der Waals surface area contributed by atoms with E-state index in [0.29, 0.717) is 33.7 Å². The van der Waals surface area contributed by atoms with E-state index in [2.05, 4.69) is 10.4 Å². The molecule has 5 nitrogen and oxygen atoms in total. The largest absolute Gasteiger partial charge is 0.351 e. The van der Waals surface area contributed by atoms with E-state index in [9.17, 15) is 10.1 Å². The highest BCUT2D eigenvalue weighted by molar-refractivity contribution is 6.32. The Bertz CT molecular complexity index is 849. The number of nitriles is 1. The summed E-state index contributed by atoms with van der Waals surface area (Å²) >= 11 is 12.4. The monoisotopic (exact) mass is 376 g/mol. The molecule has 0 spiro atoms. The third-order valence-electron chi connectivity index (χ3n) is 3.57. The predicted octanol–water partition coefficient (Wildman–Crippen LogP) is 4.31. The van der Waals surface area contributed by atoms with Gasteiger partial charge in [-0.15, -0.1) is 0 Å². The van der Waals surface area contributed by atoms with Crippen LogP contribution >= 0.6 is 23.2 Å². The zero-order chi connectivity index (χ0) is 18.4. The number of nitrogens with one attached hydrogen (secondary N) is 1. The number of hydrogen-bond acceptors (Lipinski definition) is 3. The summed E-state index contributed by atoms with van der Waals surface area (Å²) in [6, 6.07) is 9.02. The Hall–Kier alpha value is -2.29. The minimum absolute atomic E-state index is 0.00764. The first-order valence-electron chi connectivity index (χ1n) is 7.89. The van der Waals surface area contributed by atoms with Gasteiger partial charge >= 0.3 is 0 Å². The normalized spacial score (nSPS) is 11.2. The molecule has 0 atom stereocenters. The van der Waals surface area contributed by atoms with Crippen LogP contribution in [0, 0.1) is 18.3 Å². The maximum atomic E-state index is 12.1. The smallest absolute Gasteiger partial charge is 0.261 e. The van der Waals surface area contributed by atoms with Gasteiger partial charge in [0.25, 0.3) is 5.91 Å². The summed E-state index contributed by atoms with van der Waals surface area (Å²) < 4.78 is 1.53. The van der Waals surface area contributed by atoms with Gasteiger partial charge in [0.05, 0.1) is 11.4 Å². The van der Waals surface area contributed by atoms with Gasteiger partial charge in [-0.25, -0.2) is 4.68 Å². The molecule has 1 aromatic heterocycles. The van der Waals surface area contributed by atoms with E-state index in [-0.39, 0.29) is 5.57 Å². The van der Waals surface area contributed by atoms with Gasteiger partial charge in [0.15, 0.2) is 0 Å². The number of amides is 1. The van der Waals surface area contributed by atoms with Crippen molar-refractivity contribution in [3.05, 3.63) is 51.3 Å². The van der Waals surface area contributed by atoms with Crippen LogP contribution < -0.4 is 5.32 Å². The molecule has 1 heterocycles. The SMILES string of the molecule is CCCCNC(=O)/C(C#N)=C/c1c(C)nn(-c2cccc(Cl)c2)c1Cl. The van der Waals surface area contributed by atoms with Crippen molar-refractivity contribution in [2.75, 3.05) is 6.54 Å². The van der Waals surface area contributed by atoms with Crippen molar-refractivity contribution in [1.82, 2.24) is 15.1 Å². The highest BCUT2D eigenvalue weighted by atomic mass is 35.5. The second-order valence-electron chi connectivity index (χ2n) is 5.46. The molecule has 2 rings (SSSR count). The number of rotatable bonds is 6. The minimum atomic E-state index is -0.415. The van der Waals surface area contributed by atoms with Gasteiger partial charge in [0.2, 0.25) is 0 Å². The van der Waals surface area contributed by atoms with Crippen LogP contribution in [0.1, 0.15) is 31.0 Å². The quantitative estimate of drug-likeness (QED) is 0.463. The zero-order valence-electron chi connectivity index (χ0n) is 14.0. The molecule has 2 aromatic rings. The van der Waals surface area contributed by atoms with Gasteiger partial charge in [-0.2, -0.15) is 10.4 Å². The van der Waals surface area contributed by atoms with E-state index in [1.54, 1.807) is 25.1 Å². The van der Waals surface area contributed by atoms with Crippen LogP contribution in [0.5, 0.6) is 0 Å². The van der Waals surface area contributed by atoms with E-state index in [1.807, 2.05) is 19.1 Å². The Kier molecular flexibility index (Phi) is 6.63. The van der Waals surface area contributed by atoms with E-state index in [1.165, 1.54) is 10.8 Å². The Morgan fingerprint density at radius 1 is 1.44 bits per heavy atom. The van der Waals surface area contributed by atoms with E-state index in [0.717, 1.165) is 12.8 Å². The molecule has 0 unspecified atom stereocenters. The van der Waals surface area contributed by atoms with Crippen molar-refractivity contribution in [2.24, 2.45) is 0 Å². The Morgan fingerprint density at radius 3 is 2.84 bits per heavy atom. The molecular weight excluding hydrogens is 359 g/mol. The number of aromatic nitrogens is 2. The molecule has 130 valence electrons. The number of unbranched alkanes of at least 4 members (excludes halogenated alkanes) is 1. The van der Waals surface area contributed by atoms with Gasteiger partial charge < -0.3 is 5.32 Å². The fourth-order valence-corrected chi connectivity index (χ4v) is 2.73. The summed E-state index contributed by atoms with van der Waals surface area (Å²) in [6.07, 6.45) is 3.28. The number of nitrogens with zero attached hydrogens (tertiary/aromatic N) is 3. The molecule has 7 heteroatoms. The molecule has 0 bridgehead atoms. The molecule has 0 aliphatic rings. The molecule has 0 saturated carbocycles. The molecular formula is C18H18Cl2N4O. The topological polar surface area (TPSA) is 70.7 Å². The van der Waals surface area contributed by atoms with Crippen LogP contribution in [-0.4, -0.2) is 22.2 Å². The molecule has 1 amide bonds. The van der Waals surface area contributed by atoms with Crippen molar-refractivity contribution in [3.8, 4) is 11.8 Å². The summed E-state index contributed by atoms with van der Waals surface area (Å²) in [5.41, 5.74) is 1.83. The van der Waals surface area contributed by atoms with Crippen LogP contribution in [0.15, 0.2) is 29.8 Å². The van der Waals surface area contributed by atoms with Crippen molar-refractivity contribution in [2.45, 2.75) is 26.7 Å². The van der Waals surface area contributed by atoms with Crippen LogP contribution in [0.2, 0.25) is 10.2 Å². The van der Waals surface area contributed by atoms with Gasteiger partial charge in [-0.3, -0.25) is 4.79 Å². The lowest BCUT2D eigenvalue weighted by molar-refractivity contribution is -0.117. The molecule has 1 N–H and O–H groups in total. The van der Waals surface area contributed by atoms with Gasteiger partial charge in [-0.05, 0) is 37.6 Å². The summed E-state index contributed by atoms with van der Waals surface area (Å²) in [7, 11) is 0. The van der Waals surface area contributed by atoms with E-state index in [4.69, 9.17) is 23.2 Å². The number of aryl methyl sites for hydroxylation is 1. The lowest BCUT2D eigenvalue weighted by Crippen LogP contribution is -2.25. The third kappa shape index (κ3) is 4.62. The molecule has 0 radical (unpaired) electrons. The van der Waals surface area contributed by atoms with Crippen molar-refractivity contribution >= 4 is 35.2 Å². The second-order valence-corrected chi connectivity index (χ2v) is 6.26. The first-order chi connectivity index (χ1) is 12.0. The molecule has 1 aromatic carbocycles. The Morgan fingerprint density at radius 2 is 2.20 bits per heavy atom. The first kappa shape index (κ1) is 19.0. The molecule has 0 saturated heterocycles. The zero-order valence-corrected chi connectivity index (χ0v) is 15.5. The van der Waals surface area contributed by atoms with Gasteiger partial charge in [0, 0.05) is 17.1 Å². The fourth-order valence-electron chi connectivity index (χ4n) is 2.22. The maximum absolute atomic E-state index is 12.1. The lowest BCUT2D eigenvalue weighted by Gasteiger charge is -2.04. The number of benzene rings is 1. The third-order valence-corrected chi connectivity index (χ3v) is 4.17. The minimum Gasteiger partial charge on any atom is -0.351 e. The fraction of sp³-hybridized carbons (Fsp3) is 0.278. The maximum Gasteiger partial charge on any atom is 0.261 e. The predicted molar refractivity (Wildman–Crippen MR) is 99.8 cm³/mol. The first-order valence-corrected chi connectivity index (χ1v) is 8.64. The highest BCUT2D eigenvalue weighted by Crippen LogP contribution is 2.26. The van der Waals surface area contributed by atoms with Crippen LogP contribution in [0.25, 0.3) is 11.8 Å². The number of halogens is 2. The highest BCUT2D eigenvalue weighted by Gasteiger charge is 2.16. The van der Waals surface area contributed by atoms with Crippen molar-refractivity contribution in [3.63, 3.8) is 0 Å². The summed E-state index contributed by atoms with van der Waals surface area (Å²) in [4.78, 5) is 12.1. The average Bonchev–Trinajstić information content (AvgIpc) is 2.87. The van der Waals surface area contributed by atoms with Crippen LogP contribution in [0.4, 0.5) is 0 Å². The lowest BCUT2D eigenvalue weighted by atomic mass is 10.1. The number of hydrogen-bond donors (Lipinski definition) is 1. The van der Waals surface area contributed by atoms with Gasteiger partial charge in [0.1, 0.15) is 16.8 Å². The number of carbonyl (C=O) groups is 1. The summed E-state index contributed by atoms with van der Waals surface area (Å²) in [5.74, 6) is -0.415. The molecule has 0 fully saturated rings. The van der Waals surface area contributed by atoms with Gasteiger partial charge in [-0.1, -0.05) is 42.6 Å². The van der Waals surface area contributed by atoms with Crippen molar-refractivity contribution in [1.29, 1.82) is 5.26 Å². The molecule has 0 aliphatic carbocycles.